The number of nitrogens with zero attached hydrogens (tertiary/aromatic N) is 1. The second kappa shape index (κ2) is 8.70. The number of aliphatic hydroxyl groups excluding tert-OH is 4. The molecule has 1 fully saturated rings. The van der Waals surface area contributed by atoms with Gasteiger partial charge >= 0.3 is 11.9 Å². The van der Waals surface area contributed by atoms with Crippen LogP contribution in [-0.2, 0) is 19.1 Å². The molecule has 26 heavy (non-hydrogen) atoms. The average molecular weight is 380 g/mol. The fourth-order valence-corrected chi connectivity index (χ4v) is 2.84. The molecule has 0 spiro atoms. The summed E-state index contributed by atoms with van der Waals surface area (Å²) in [6.45, 7) is -0.681. The summed E-state index contributed by atoms with van der Waals surface area (Å²) in [6, 6.07) is -3.35. The van der Waals surface area contributed by atoms with E-state index in [0.717, 1.165) is 6.92 Å². The number of ether oxygens (including phenoxy) is 1. The van der Waals surface area contributed by atoms with Gasteiger partial charge in [-0.15, -0.1) is 0 Å². The van der Waals surface area contributed by atoms with E-state index >= 15 is 0 Å². The van der Waals surface area contributed by atoms with Gasteiger partial charge in [0.25, 0.3) is 0 Å². The van der Waals surface area contributed by atoms with Crippen molar-refractivity contribution in [3.05, 3.63) is 0 Å². The molecule has 12 nitrogen and oxygen atoms in total. The van der Waals surface area contributed by atoms with Crippen molar-refractivity contribution in [3.8, 4) is 0 Å². The zero-order valence-electron chi connectivity index (χ0n) is 14.1. The van der Waals surface area contributed by atoms with E-state index in [-0.39, 0.29) is 6.42 Å². The summed E-state index contributed by atoms with van der Waals surface area (Å²) in [5.41, 5.74) is 3.53. The Labute approximate surface area is 148 Å². The van der Waals surface area contributed by atoms with Crippen LogP contribution in [0.2, 0.25) is 0 Å². The molecular formula is C14H24N2O10. The minimum absolute atomic E-state index is 0.333. The van der Waals surface area contributed by atoms with Crippen molar-refractivity contribution < 1.29 is 49.8 Å². The molecule has 1 saturated heterocycles. The van der Waals surface area contributed by atoms with Crippen LogP contribution in [0, 0.1) is 0 Å². The van der Waals surface area contributed by atoms with Crippen molar-refractivity contribution >= 4 is 17.8 Å². The number of nitrogens with two attached hydrogens (primary N) is 1. The molecule has 0 aromatic carbocycles. The summed E-state index contributed by atoms with van der Waals surface area (Å²) in [5.74, 6) is -3.96. The van der Waals surface area contributed by atoms with Crippen LogP contribution in [0.25, 0.3) is 0 Å². The zero-order valence-corrected chi connectivity index (χ0v) is 14.1. The second-order valence-electron chi connectivity index (χ2n) is 6.11. The Hall–Kier alpha value is -1.83. The van der Waals surface area contributed by atoms with Gasteiger partial charge in [-0.1, -0.05) is 0 Å². The second-order valence-corrected chi connectivity index (χ2v) is 6.11. The number of carboxylic acid groups (broad SMARTS) is 2. The predicted octanol–water partition coefficient (Wildman–Crippen LogP) is -3.72. The lowest BCUT2D eigenvalue weighted by molar-refractivity contribution is -0.206. The molecule has 8 N–H and O–H groups in total. The minimum Gasteiger partial charge on any atom is -0.481 e. The quantitative estimate of drug-likeness (QED) is 0.207. The Morgan fingerprint density at radius 1 is 1.23 bits per heavy atom. The van der Waals surface area contributed by atoms with E-state index in [4.69, 9.17) is 15.6 Å². The van der Waals surface area contributed by atoms with Crippen LogP contribution in [0.3, 0.4) is 0 Å². The van der Waals surface area contributed by atoms with Gasteiger partial charge in [0.1, 0.15) is 18.3 Å². The number of carbonyl (C=O) groups excluding carboxylic acids is 1. The summed E-state index contributed by atoms with van der Waals surface area (Å²) in [4.78, 5) is 35.3. The number of rotatable bonds is 9. The Balaban J connectivity index is 3.27. The van der Waals surface area contributed by atoms with Crippen LogP contribution >= 0.6 is 0 Å². The van der Waals surface area contributed by atoms with Crippen LogP contribution in [0.15, 0.2) is 0 Å². The molecule has 1 unspecified atom stereocenters. The molecule has 1 amide bonds. The molecule has 1 aliphatic rings. The van der Waals surface area contributed by atoms with Gasteiger partial charge in [-0.3, -0.25) is 14.5 Å². The number of aliphatic carboxylic acids is 2. The van der Waals surface area contributed by atoms with Crippen LogP contribution < -0.4 is 5.73 Å². The molecule has 0 bridgehead atoms. The van der Waals surface area contributed by atoms with E-state index in [1.54, 1.807) is 0 Å². The number of hydrogen-bond donors (Lipinski definition) is 7. The van der Waals surface area contributed by atoms with E-state index in [1.807, 2.05) is 0 Å². The molecule has 1 rings (SSSR count). The molecule has 0 aliphatic carbocycles. The molecule has 12 heteroatoms. The van der Waals surface area contributed by atoms with Crippen molar-refractivity contribution in [2.75, 3.05) is 13.2 Å². The molecule has 0 saturated carbocycles. The first-order chi connectivity index (χ1) is 12.0. The SMILES string of the molecule is CC1(N(C(=O)[C@@H](N)CCC(=O)O)[C@@H](CO)C(=O)O)O[C@H](CO)[C@@H](O)[C@@H]1O. The zero-order chi connectivity index (χ0) is 20.2. The lowest BCUT2D eigenvalue weighted by atomic mass is 9.98. The lowest BCUT2D eigenvalue weighted by Crippen LogP contribution is -2.66. The first kappa shape index (κ1) is 22.2. The van der Waals surface area contributed by atoms with E-state index in [9.17, 15) is 39.9 Å². The van der Waals surface area contributed by atoms with Crippen molar-refractivity contribution in [2.24, 2.45) is 5.73 Å². The number of carboxylic acids is 2. The Morgan fingerprint density at radius 3 is 2.19 bits per heavy atom. The van der Waals surface area contributed by atoms with Crippen LogP contribution in [-0.4, -0.2) is 103 Å². The third-order valence-electron chi connectivity index (χ3n) is 4.29. The van der Waals surface area contributed by atoms with Gasteiger partial charge in [-0.2, -0.15) is 0 Å². The predicted molar refractivity (Wildman–Crippen MR) is 82.6 cm³/mol. The van der Waals surface area contributed by atoms with Gasteiger partial charge in [0.15, 0.2) is 11.8 Å². The highest BCUT2D eigenvalue weighted by Crippen LogP contribution is 2.36. The third kappa shape index (κ3) is 4.28. The van der Waals surface area contributed by atoms with Crippen molar-refractivity contribution in [2.45, 2.75) is 55.9 Å². The van der Waals surface area contributed by atoms with Crippen molar-refractivity contribution in [1.29, 1.82) is 0 Å². The van der Waals surface area contributed by atoms with E-state index in [2.05, 4.69) is 0 Å². The first-order valence-corrected chi connectivity index (χ1v) is 7.80. The highest BCUT2D eigenvalue weighted by atomic mass is 16.6. The molecular weight excluding hydrogens is 356 g/mol. The standard InChI is InChI=1S/C14H24N2O10/c1-14(11(22)10(21)8(5-18)26-14)16(7(4-17)13(24)25)12(23)6(15)2-3-9(19)20/h6-8,10-11,17-18,21-22H,2-5,15H2,1H3,(H,19,20)(H,24,25)/t6-,7-,8+,10+,11-,14?/m0/s1. The molecule has 0 aromatic heterocycles. The monoisotopic (exact) mass is 380 g/mol. The summed E-state index contributed by atoms with van der Waals surface area (Å²) in [5, 5.41) is 56.8. The molecule has 6 atom stereocenters. The van der Waals surface area contributed by atoms with Crippen LogP contribution in [0.4, 0.5) is 0 Å². The van der Waals surface area contributed by atoms with Gasteiger partial charge in [0, 0.05) is 6.42 Å². The largest absolute Gasteiger partial charge is 0.481 e. The van der Waals surface area contributed by atoms with Gasteiger partial charge in [-0.25, -0.2) is 4.79 Å². The summed E-state index contributed by atoms with van der Waals surface area (Å²) in [6.07, 6.45) is -5.57. The third-order valence-corrected chi connectivity index (χ3v) is 4.29. The molecule has 1 heterocycles. The number of aliphatic hydroxyl groups is 4. The smallest absolute Gasteiger partial charge is 0.328 e. The fourth-order valence-electron chi connectivity index (χ4n) is 2.84. The maximum atomic E-state index is 12.7. The minimum atomic E-state index is -2.13. The van der Waals surface area contributed by atoms with Crippen LogP contribution in [0.5, 0.6) is 0 Å². The summed E-state index contributed by atoms with van der Waals surface area (Å²) < 4.78 is 5.32. The number of hydrogen-bond acceptors (Lipinski definition) is 9. The number of amides is 1. The Morgan fingerprint density at radius 2 is 1.81 bits per heavy atom. The van der Waals surface area contributed by atoms with Crippen molar-refractivity contribution in [3.63, 3.8) is 0 Å². The average Bonchev–Trinajstić information content (AvgIpc) is 2.80. The first-order valence-electron chi connectivity index (χ1n) is 7.80. The lowest BCUT2D eigenvalue weighted by Gasteiger charge is -2.43. The topological polar surface area (TPSA) is 211 Å². The highest BCUT2D eigenvalue weighted by Gasteiger charge is 2.58. The number of carbonyl (C=O) groups is 3. The fraction of sp³-hybridized carbons (Fsp3) is 0.786. The van der Waals surface area contributed by atoms with Gasteiger partial charge < -0.3 is 41.1 Å². The maximum Gasteiger partial charge on any atom is 0.328 e. The molecule has 150 valence electrons. The molecule has 0 radical (unpaired) electrons. The van der Waals surface area contributed by atoms with Gasteiger partial charge in [-0.05, 0) is 13.3 Å². The van der Waals surface area contributed by atoms with Crippen molar-refractivity contribution in [1.82, 2.24) is 4.90 Å². The maximum absolute atomic E-state index is 12.7. The summed E-state index contributed by atoms with van der Waals surface area (Å²) >= 11 is 0. The van der Waals surface area contributed by atoms with E-state index < -0.39 is 73.6 Å². The molecule has 1 aliphatic heterocycles. The normalized spacial score (nSPS) is 30.6. The Kier molecular flexibility index (Phi) is 7.44. The van der Waals surface area contributed by atoms with Gasteiger partial charge in [0.2, 0.25) is 5.91 Å². The highest BCUT2D eigenvalue weighted by molar-refractivity contribution is 5.88. The van der Waals surface area contributed by atoms with E-state index in [1.165, 1.54) is 0 Å². The Bertz CT molecular complexity index is 544. The summed E-state index contributed by atoms with van der Waals surface area (Å²) in [7, 11) is 0. The van der Waals surface area contributed by atoms with Gasteiger partial charge in [0.05, 0.1) is 19.3 Å². The van der Waals surface area contributed by atoms with E-state index in [0.29, 0.717) is 4.90 Å². The molecule has 0 aromatic rings. The van der Waals surface area contributed by atoms with Crippen LogP contribution in [0.1, 0.15) is 19.8 Å².